The van der Waals surface area contributed by atoms with Gasteiger partial charge in [0, 0.05) is 23.7 Å². The molecule has 5 nitrogen and oxygen atoms in total. The Bertz CT molecular complexity index is 590. The number of hydrogen-bond donors (Lipinski definition) is 3. The van der Waals surface area contributed by atoms with E-state index < -0.39 is 11.8 Å². The van der Waals surface area contributed by atoms with Crippen molar-refractivity contribution in [2.75, 3.05) is 0 Å². The third kappa shape index (κ3) is 5.34. The molecule has 0 bridgehead atoms. The Labute approximate surface area is 144 Å². The molecule has 24 heavy (non-hydrogen) atoms. The lowest BCUT2D eigenvalue weighted by atomic mass is 9.79. The van der Waals surface area contributed by atoms with E-state index in [-0.39, 0.29) is 17.1 Å². The zero-order chi connectivity index (χ0) is 18.0. The van der Waals surface area contributed by atoms with Crippen molar-refractivity contribution in [2.24, 2.45) is 0 Å². The fourth-order valence-electron chi connectivity index (χ4n) is 3.64. The van der Waals surface area contributed by atoms with Crippen LogP contribution in [0.5, 0.6) is 0 Å². The number of aryl methyl sites for hydroxylation is 1. The van der Waals surface area contributed by atoms with Crippen molar-refractivity contribution in [2.45, 2.75) is 71.1 Å². The summed E-state index contributed by atoms with van der Waals surface area (Å²) in [4.78, 5) is 24.2. The lowest BCUT2D eigenvalue weighted by Gasteiger charge is -2.46. The van der Waals surface area contributed by atoms with E-state index in [4.69, 9.17) is 0 Å². The van der Waals surface area contributed by atoms with E-state index >= 15 is 0 Å². The maximum Gasteiger partial charge on any atom is 0.309 e. The standard InChI is InChI=1S/C19H29N3O2/c1-13-6-8-14(9-7-13)12-20-16(23)17(24)21-15-10-18(2,3)22-19(4,5)11-15/h6-9,15,22H,10-12H2,1-5H3,(H,20,23)(H,21,24). The lowest BCUT2D eigenvalue weighted by molar-refractivity contribution is -0.140. The van der Waals surface area contributed by atoms with Crippen LogP contribution >= 0.6 is 0 Å². The highest BCUT2D eigenvalue weighted by atomic mass is 16.2. The zero-order valence-corrected chi connectivity index (χ0v) is 15.3. The van der Waals surface area contributed by atoms with Crippen molar-refractivity contribution < 1.29 is 9.59 Å². The fraction of sp³-hybridized carbons (Fsp3) is 0.579. The van der Waals surface area contributed by atoms with Crippen molar-refractivity contribution >= 4 is 11.8 Å². The first-order chi connectivity index (χ1) is 11.1. The predicted octanol–water partition coefficient (Wildman–Crippen LogP) is 2.04. The zero-order valence-electron chi connectivity index (χ0n) is 15.3. The van der Waals surface area contributed by atoms with E-state index in [2.05, 4.69) is 43.6 Å². The molecule has 1 fully saturated rings. The summed E-state index contributed by atoms with van der Waals surface area (Å²) < 4.78 is 0. The molecule has 3 N–H and O–H groups in total. The third-order valence-electron chi connectivity index (χ3n) is 4.31. The number of carbonyl (C=O) groups is 2. The number of amides is 2. The summed E-state index contributed by atoms with van der Waals surface area (Å²) in [5.41, 5.74) is 2.00. The Morgan fingerprint density at radius 1 is 1.04 bits per heavy atom. The van der Waals surface area contributed by atoms with Crippen LogP contribution in [0.3, 0.4) is 0 Å². The van der Waals surface area contributed by atoms with Crippen LogP contribution in [0, 0.1) is 6.92 Å². The van der Waals surface area contributed by atoms with Gasteiger partial charge in [0.25, 0.3) is 0 Å². The van der Waals surface area contributed by atoms with Crippen molar-refractivity contribution in [3.8, 4) is 0 Å². The topological polar surface area (TPSA) is 70.2 Å². The SMILES string of the molecule is Cc1ccc(CNC(=O)C(=O)NC2CC(C)(C)NC(C)(C)C2)cc1. The van der Waals surface area contributed by atoms with E-state index in [0.717, 1.165) is 18.4 Å². The Hall–Kier alpha value is -1.88. The summed E-state index contributed by atoms with van der Waals surface area (Å²) in [7, 11) is 0. The fourth-order valence-corrected chi connectivity index (χ4v) is 3.64. The van der Waals surface area contributed by atoms with Crippen molar-refractivity contribution in [3.05, 3.63) is 35.4 Å². The third-order valence-corrected chi connectivity index (χ3v) is 4.31. The Morgan fingerprint density at radius 3 is 2.12 bits per heavy atom. The summed E-state index contributed by atoms with van der Waals surface area (Å²) >= 11 is 0. The van der Waals surface area contributed by atoms with Crippen LogP contribution in [0.1, 0.15) is 51.7 Å². The summed E-state index contributed by atoms with van der Waals surface area (Å²) in [5.74, 6) is -1.13. The minimum atomic E-state index is -0.579. The highest BCUT2D eigenvalue weighted by Gasteiger charge is 2.38. The number of rotatable bonds is 3. The average Bonchev–Trinajstić information content (AvgIpc) is 2.42. The predicted molar refractivity (Wildman–Crippen MR) is 95.5 cm³/mol. The molecule has 2 amide bonds. The maximum absolute atomic E-state index is 12.2. The molecule has 1 aromatic rings. The van der Waals surface area contributed by atoms with Crippen LogP contribution in [-0.4, -0.2) is 28.9 Å². The smallest absolute Gasteiger partial charge is 0.309 e. The number of nitrogens with one attached hydrogen (secondary N) is 3. The van der Waals surface area contributed by atoms with Crippen LogP contribution in [0.2, 0.25) is 0 Å². The van der Waals surface area contributed by atoms with Crippen LogP contribution in [-0.2, 0) is 16.1 Å². The molecule has 2 rings (SSSR count). The molecule has 1 aliphatic heterocycles. The van der Waals surface area contributed by atoms with E-state index in [9.17, 15) is 9.59 Å². The monoisotopic (exact) mass is 331 g/mol. The van der Waals surface area contributed by atoms with Gasteiger partial charge >= 0.3 is 11.8 Å². The van der Waals surface area contributed by atoms with E-state index in [1.807, 2.05) is 31.2 Å². The van der Waals surface area contributed by atoms with Gasteiger partial charge in [-0.25, -0.2) is 0 Å². The number of benzene rings is 1. The van der Waals surface area contributed by atoms with Crippen molar-refractivity contribution in [1.82, 2.24) is 16.0 Å². The molecule has 1 aromatic carbocycles. The molecule has 1 heterocycles. The van der Waals surface area contributed by atoms with Crippen LogP contribution in [0.15, 0.2) is 24.3 Å². The second kappa shape index (κ2) is 6.93. The molecule has 0 atom stereocenters. The molecule has 0 saturated carbocycles. The van der Waals surface area contributed by atoms with E-state index in [0.29, 0.717) is 6.54 Å². The Balaban J connectivity index is 1.87. The highest BCUT2D eigenvalue weighted by Crippen LogP contribution is 2.28. The number of carbonyl (C=O) groups excluding carboxylic acids is 2. The Morgan fingerprint density at radius 2 is 1.58 bits per heavy atom. The van der Waals surface area contributed by atoms with Gasteiger partial charge in [-0.05, 0) is 53.0 Å². The molecule has 0 aromatic heterocycles. The second-order valence-corrected chi connectivity index (χ2v) is 8.14. The van der Waals surface area contributed by atoms with E-state index in [1.165, 1.54) is 5.56 Å². The van der Waals surface area contributed by atoms with Crippen LogP contribution in [0.4, 0.5) is 0 Å². The van der Waals surface area contributed by atoms with Gasteiger partial charge in [0.15, 0.2) is 0 Å². The molecule has 132 valence electrons. The van der Waals surface area contributed by atoms with Gasteiger partial charge in [-0.3, -0.25) is 9.59 Å². The molecule has 5 heteroatoms. The van der Waals surface area contributed by atoms with Gasteiger partial charge in [-0.2, -0.15) is 0 Å². The van der Waals surface area contributed by atoms with Crippen LogP contribution < -0.4 is 16.0 Å². The average molecular weight is 331 g/mol. The lowest BCUT2D eigenvalue weighted by Crippen LogP contribution is -2.62. The van der Waals surface area contributed by atoms with Gasteiger partial charge in [-0.15, -0.1) is 0 Å². The minimum Gasteiger partial charge on any atom is -0.345 e. The number of piperidine rings is 1. The molecule has 0 radical (unpaired) electrons. The summed E-state index contributed by atoms with van der Waals surface area (Å²) in [6, 6.07) is 7.87. The first-order valence-corrected chi connectivity index (χ1v) is 8.50. The van der Waals surface area contributed by atoms with Crippen molar-refractivity contribution in [3.63, 3.8) is 0 Å². The molecule has 0 spiro atoms. The molecule has 1 aliphatic rings. The first kappa shape index (κ1) is 18.5. The summed E-state index contributed by atoms with van der Waals surface area (Å²) in [6.45, 7) is 10.8. The van der Waals surface area contributed by atoms with E-state index in [1.54, 1.807) is 0 Å². The summed E-state index contributed by atoms with van der Waals surface area (Å²) in [6.07, 6.45) is 1.60. The first-order valence-electron chi connectivity index (χ1n) is 8.50. The van der Waals surface area contributed by atoms with Gasteiger partial charge in [0.2, 0.25) is 0 Å². The molecule has 1 saturated heterocycles. The minimum absolute atomic E-state index is 0.00567. The van der Waals surface area contributed by atoms with Crippen molar-refractivity contribution in [1.29, 1.82) is 0 Å². The molecule has 0 aliphatic carbocycles. The van der Waals surface area contributed by atoms with Gasteiger partial charge in [-0.1, -0.05) is 29.8 Å². The molecular weight excluding hydrogens is 302 g/mol. The number of hydrogen-bond acceptors (Lipinski definition) is 3. The highest BCUT2D eigenvalue weighted by molar-refractivity contribution is 6.35. The Kier molecular flexibility index (Phi) is 5.33. The quantitative estimate of drug-likeness (QED) is 0.742. The van der Waals surface area contributed by atoms with Gasteiger partial charge in [0.1, 0.15) is 0 Å². The van der Waals surface area contributed by atoms with Crippen LogP contribution in [0.25, 0.3) is 0 Å². The molecule has 0 unspecified atom stereocenters. The molecular formula is C19H29N3O2. The second-order valence-electron chi connectivity index (χ2n) is 8.14. The largest absolute Gasteiger partial charge is 0.345 e. The van der Waals surface area contributed by atoms with Gasteiger partial charge in [0.05, 0.1) is 0 Å². The normalized spacial score (nSPS) is 19.5. The maximum atomic E-state index is 12.2. The summed E-state index contributed by atoms with van der Waals surface area (Å²) in [5, 5.41) is 9.13. The van der Waals surface area contributed by atoms with Gasteiger partial charge < -0.3 is 16.0 Å².